The van der Waals surface area contributed by atoms with Gasteiger partial charge in [-0.15, -0.1) is 0 Å². The van der Waals surface area contributed by atoms with Crippen LogP contribution in [0, 0.1) is 0 Å². The molecule has 0 N–H and O–H groups in total. The van der Waals surface area contributed by atoms with Gasteiger partial charge in [0.15, 0.2) is 6.10 Å². The smallest absolute Gasteiger partial charge is 0.306 e. The van der Waals surface area contributed by atoms with Crippen LogP contribution < -0.4 is 0 Å². The minimum absolute atomic E-state index is 0.126. The van der Waals surface area contributed by atoms with E-state index in [1.165, 1.54) is 83.5 Å². The second-order valence-electron chi connectivity index (χ2n) is 17.5. The van der Waals surface area contributed by atoms with Gasteiger partial charge in [-0.3, -0.25) is 14.4 Å². The fourth-order valence-electron chi connectivity index (χ4n) is 6.83. The minimum Gasteiger partial charge on any atom is -0.462 e. The van der Waals surface area contributed by atoms with Crippen LogP contribution in [0.3, 0.4) is 0 Å². The van der Waals surface area contributed by atoms with E-state index in [0.717, 1.165) is 89.9 Å². The third-order valence-corrected chi connectivity index (χ3v) is 10.9. The lowest BCUT2D eigenvalue weighted by Crippen LogP contribution is -2.30. The van der Waals surface area contributed by atoms with E-state index in [1.807, 2.05) is 0 Å². The second-order valence-corrected chi connectivity index (χ2v) is 17.5. The standard InChI is InChI=1S/C61H98O6/c1-4-7-10-13-16-19-22-25-28-30-33-36-39-42-45-48-51-54-60(63)66-57-58(56-65-59(62)53-50-47-44-41-38-35-32-27-24-21-18-15-12-9-6-3)67-61(64)55-52-49-46-43-40-37-34-31-29-26-23-20-17-14-11-8-5-2/h16-21,24-29,33-34,36-37,42-43,45-46,58H,4-15,22-23,30-32,35,38-41,44,47-57H2,1-3H3/b19-16-,20-17-,21-18-,27-24-,28-25-,29-26-,36-33-,37-34-,45-42-,46-43-. The zero-order valence-corrected chi connectivity index (χ0v) is 43.1. The van der Waals surface area contributed by atoms with Gasteiger partial charge >= 0.3 is 17.9 Å². The van der Waals surface area contributed by atoms with Crippen LogP contribution in [0.25, 0.3) is 0 Å². The van der Waals surface area contributed by atoms with Crippen molar-refractivity contribution in [3.05, 3.63) is 122 Å². The summed E-state index contributed by atoms with van der Waals surface area (Å²) in [6.07, 6.45) is 74.7. The summed E-state index contributed by atoms with van der Waals surface area (Å²) >= 11 is 0. The molecule has 0 amide bonds. The Morgan fingerprint density at radius 2 is 0.597 bits per heavy atom. The quantitative estimate of drug-likeness (QED) is 0.0199. The molecule has 0 bridgehead atoms. The van der Waals surface area contributed by atoms with Crippen molar-refractivity contribution in [1.82, 2.24) is 0 Å². The molecule has 6 heteroatoms. The second kappa shape index (κ2) is 54.4. The highest BCUT2D eigenvalue weighted by atomic mass is 16.6. The number of carbonyl (C=O) groups is 3. The average Bonchev–Trinajstić information content (AvgIpc) is 3.33. The molecule has 0 aromatic rings. The molecule has 0 spiro atoms. The van der Waals surface area contributed by atoms with Gasteiger partial charge in [0.05, 0.1) is 0 Å². The van der Waals surface area contributed by atoms with Crippen molar-refractivity contribution in [3.8, 4) is 0 Å². The highest BCUT2D eigenvalue weighted by Gasteiger charge is 2.19. The molecule has 0 rings (SSSR count). The summed E-state index contributed by atoms with van der Waals surface area (Å²) in [5.41, 5.74) is 0. The Balaban J connectivity index is 4.61. The van der Waals surface area contributed by atoms with E-state index < -0.39 is 6.10 Å². The summed E-state index contributed by atoms with van der Waals surface area (Å²) < 4.78 is 16.7. The van der Waals surface area contributed by atoms with E-state index in [2.05, 4.69) is 142 Å². The van der Waals surface area contributed by atoms with Gasteiger partial charge in [0, 0.05) is 19.3 Å². The SMILES string of the molecule is CCCCC/C=C\C=C/CCCCCCCCC(=O)OCC(COC(=O)CCC/C=C\C/C=C\C/C=C\C/C=C\CCCCC)OC(=O)CCC/C=C\C/C=C\C/C=C\C/C=C\CCCCC. The average molecular weight is 927 g/mol. The summed E-state index contributed by atoms with van der Waals surface area (Å²) in [6.45, 7) is 6.43. The first-order valence-electron chi connectivity index (χ1n) is 27.1. The number of hydrogen-bond acceptors (Lipinski definition) is 6. The van der Waals surface area contributed by atoms with Crippen molar-refractivity contribution in [2.24, 2.45) is 0 Å². The molecule has 0 fully saturated rings. The normalized spacial score (nSPS) is 13.1. The zero-order valence-electron chi connectivity index (χ0n) is 43.1. The largest absolute Gasteiger partial charge is 0.462 e. The maximum atomic E-state index is 12.8. The fraction of sp³-hybridized carbons (Fsp3) is 0.623. The Kier molecular flexibility index (Phi) is 51.0. The monoisotopic (exact) mass is 927 g/mol. The van der Waals surface area contributed by atoms with Gasteiger partial charge in [-0.25, -0.2) is 0 Å². The number of unbranched alkanes of at least 4 members (excludes halogenated alkanes) is 17. The van der Waals surface area contributed by atoms with Crippen LogP contribution in [0.1, 0.15) is 226 Å². The van der Waals surface area contributed by atoms with Gasteiger partial charge in [0.25, 0.3) is 0 Å². The molecule has 0 aromatic heterocycles. The molecule has 0 radical (unpaired) electrons. The summed E-state index contributed by atoms with van der Waals surface area (Å²) in [5, 5.41) is 0. The number of allylic oxidation sites excluding steroid dienone is 20. The van der Waals surface area contributed by atoms with Crippen LogP contribution in [0.4, 0.5) is 0 Å². The Morgan fingerprint density at radius 3 is 0.985 bits per heavy atom. The number of carbonyl (C=O) groups excluding carboxylic acids is 3. The summed E-state index contributed by atoms with van der Waals surface area (Å²) in [6, 6.07) is 0. The Morgan fingerprint density at radius 1 is 0.313 bits per heavy atom. The number of rotatable bonds is 47. The van der Waals surface area contributed by atoms with Gasteiger partial charge in [-0.1, -0.05) is 206 Å². The van der Waals surface area contributed by atoms with E-state index in [1.54, 1.807) is 0 Å². The van der Waals surface area contributed by atoms with Gasteiger partial charge in [-0.05, 0) is 122 Å². The highest BCUT2D eigenvalue weighted by Crippen LogP contribution is 2.12. The van der Waals surface area contributed by atoms with E-state index in [0.29, 0.717) is 19.3 Å². The molecule has 378 valence electrons. The van der Waals surface area contributed by atoms with Crippen LogP contribution in [-0.4, -0.2) is 37.2 Å². The van der Waals surface area contributed by atoms with Crippen molar-refractivity contribution < 1.29 is 28.6 Å². The Labute approximate surface area is 412 Å². The van der Waals surface area contributed by atoms with Gasteiger partial charge in [0.1, 0.15) is 13.2 Å². The molecule has 0 saturated heterocycles. The third kappa shape index (κ3) is 52.6. The molecular weight excluding hydrogens is 829 g/mol. The Bertz CT molecular complexity index is 1440. The molecule has 1 atom stereocenters. The molecule has 1 unspecified atom stereocenters. The molecule has 0 aliphatic carbocycles. The van der Waals surface area contributed by atoms with Crippen molar-refractivity contribution in [2.45, 2.75) is 232 Å². The number of hydrogen-bond donors (Lipinski definition) is 0. The third-order valence-electron chi connectivity index (χ3n) is 10.9. The highest BCUT2D eigenvalue weighted by molar-refractivity contribution is 5.71. The lowest BCUT2D eigenvalue weighted by atomic mass is 10.1. The van der Waals surface area contributed by atoms with Crippen LogP contribution in [0.2, 0.25) is 0 Å². The van der Waals surface area contributed by atoms with Gasteiger partial charge < -0.3 is 14.2 Å². The molecule has 0 heterocycles. The van der Waals surface area contributed by atoms with Gasteiger partial charge in [-0.2, -0.15) is 0 Å². The van der Waals surface area contributed by atoms with Crippen molar-refractivity contribution in [3.63, 3.8) is 0 Å². The fourth-order valence-corrected chi connectivity index (χ4v) is 6.83. The van der Waals surface area contributed by atoms with E-state index in [9.17, 15) is 14.4 Å². The topological polar surface area (TPSA) is 78.9 Å². The zero-order chi connectivity index (χ0) is 48.6. The first kappa shape index (κ1) is 62.8. The van der Waals surface area contributed by atoms with Crippen molar-refractivity contribution in [2.75, 3.05) is 13.2 Å². The Hall–Kier alpha value is -4.19. The van der Waals surface area contributed by atoms with Crippen LogP contribution in [-0.2, 0) is 28.6 Å². The molecule has 0 aliphatic heterocycles. The first-order valence-corrected chi connectivity index (χ1v) is 27.1. The molecule has 0 aliphatic rings. The first-order chi connectivity index (χ1) is 33.0. The predicted molar refractivity (Wildman–Crippen MR) is 288 cm³/mol. The van der Waals surface area contributed by atoms with E-state index in [-0.39, 0.29) is 44.0 Å². The molecular formula is C61H98O6. The van der Waals surface area contributed by atoms with Gasteiger partial charge in [0.2, 0.25) is 0 Å². The van der Waals surface area contributed by atoms with Crippen LogP contribution in [0.5, 0.6) is 0 Å². The van der Waals surface area contributed by atoms with Crippen molar-refractivity contribution in [1.29, 1.82) is 0 Å². The number of esters is 3. The van der Waals surface area contributed by atoms with Crippen LogP contribution in [0.15, 0.2) is 122 Å². The summed E-state index contributed by atoms with van der Waals surface area (Å²) in [7, 11) is 0. The molecule has 0 aromatic carbocycles. The molecule has 6 nitrogen and oxygen atoms in total. The maximum absolute atomic E-state index is 12.8. The van der Waals surface area contributed by atoms with Crippen molar-refractivity contribution >= 4 is 17.9 Å². The lowest BCUT2D eigenvalue weighted by Gasteiger charge is -2.18. The number of ether oxygens (including phenoxy) is 3. The lowest BCUT2D eigenvalue weighted by molar-refractivity contribution is -0.167. The van der Waals surface area contributed by atoms with E-state index in [4.69, 9.17) is 14.2 Å². The predicted octanol–water partition coefficient (Wildman–Crippen LogP) is 18.1. The summed E-state index contributed by atoms with van der Waals surface area (Å²) in [5.74, 6) is -1.06. The van der Waals surface area contributed by atoms with Crippen LogP contribution >= 0.6 is 0 Å². The molecule has 67 heavy (non-hydrogen) atoms. The minimum atomic E-state index is -0.837. The van der Waals surface area contributed by atoms with E-state index >= 15 is 0 Å². The summed E-state index contributed by atoms with van der Waals surface area (Å²) in [4.78, 5) is 38.0. The molecule has 0 saturated carbocycles. The maximum Gasteiger partial charge on any atom is 0.306 e.